The Bertz CT molecular complexity index is 288. The van der Waals surface area contributed by atoms with Crippen molar-refractivity contribution in [1.29, 1.82) is 0 Å². The highest BCUT2D eigenvalue weighted by atomic mass is 16.2. The number of amides is 1. The van der Waals surface area contributed by atoms with E-state index in [9.17, 15) is 4.79 Å². The van der Waals surface area contributed by atoms with E-state index in [1.54, 1.807) is 19.3 Å². The van der Waals surface area contributed by atoms with Crippen molar-refractivity contribution in [3.63, 3.8) is 0 Å². The van der Waals surface area contributed by atoms with Gasteiger partial charge in [-0.2, -0.15) is 0 Å². The number of carbonyl (C=O) groups excluding carboxylic acids is 1. The summed E-state index contributed by atoms with van der Waals surface area (Å²) in [5.41, 5.74) is 3.17. The summed E-state index contributed by atoms with van der Waals surface area (Å²) >= 11 is 0. The van der Waals surface area contributed by atoms with Gasteiger partial charge in [-0.3, -0.25) is 15.2 Å². The number of pyridine rings is 1. The van der Waals surface area contributed by atoms with Gasteiger partial charge in [0.05, 0.1) is 6.04 Å². The molecular weight excluding hydrogens is 180 g/mol. The van der Waals surface area contributed by atoms with Crippen LogP contribution in [0.2, 0.25) is 0 Å². The number of aromatic nitrogens is 1. The van der Waals surface area contributed by atoms with Gasteiger partial charge in [0, 0.05) is 18.9 Å². The summed E-state index contributed by atoms with van der Waals surface area (Å²) < 4.78 is 0. The van der Waals surface area contributed by atoms with E-state index in [1.807, 2.05) is 12.1 Å². The summed E-state index contributed by atoms with van der Waals surface area (Å²) in [6.45, 7) is 2.38. The van der Waals surface area contributed by atoms with Crippen molar-refractivity contribution >= 4 is 5.91 Å². The molecule has 14 heavy (non-hydrogen) atoms. The van der Waals surface area contributed by atoms with Gasteiger partial charge in [0.15, 0.2) is 0 Å². The molecule has 1 amide bonds. The Balaban J connectivity index is 2.38. The Labute approximate surface area is 82.7 Å². The molecule has 5 nitrogen and oxygen atoms in total. The zero-order valence-electron chi connectivity index (χ0n) is 8.03. The highest BCUT2D eigenvalue weighted by Gasteiger charge is 2.09. The van der Waals surface area contributed by atoms with Crippen LogP contribution in [-0.2, 0) is 11.3 Å². The van der Waals surface area contributed by atoms with Crippen molar-refractivity contribution < 1.29 is 4.79 Å². The van der Waals surface area contributed by atoms with Crippen LogP contribution in [-0.4, -0.2) is 16.9 Å². The molecule has 1 rings (SSSR count). The van der Waals surface area contributed by atoms with E-state index in [-0.39, 0.29) is 11.9 Å². The first-order valence-corrected chi connectivity index (χ1v) is 4.37. The molecule has 1 aromatic heterocycles. The van der Waals surface area contributed by atoms with Gasteiger partial charge in [-0.05, 0) is 24.6 Å². The second kappa shape index (κ2) is 5.31. The topological polar surface area (TPSA) is 80.0 Å². The summed E-state index contributed by atoms with van der Waals surface area (Å²) in [6.07, 6.45) is 3.43. The largest absolute Gasteiger partial charge is 0.302 e. The highest BCUT2D eigenvalue weighted by molar-refractivity contribution is 5.80. The molecule has 76 valence electrons. The highest BCUT2D eigenvalue weighted by Crippen LogP contribution is 1.95. The molecule has 0 aromatic carbocycles. The van der Waals surface area contributed by atoms with Crippen LogP contribution < -0.4 is 16.6 Å². The molecule has 1 atom stereocenters. The number of nitrogens with zero attached hydrogens (tertiary/aromatic N) is 1. The first kappa shape index (κ1) is 10.6. The molecule has 0 saturated heterocycles. The Morgan fingerprint density at radius 1 is 1.57 bits per heavy atom. The van der Waals surface area contributed by atoms with Crippen LogP contribution in [0.15, 0.2) is 24.5 Å². The third-order valence-corrected chi connectivity index (χ3v) is 1.90. The number of nitrogens with two attached hydrogens (primary N) is 1. The molecule has 0 aliphatic heterocycles. The average molecular weight is 194 g/mol. The average Bonchev–Trinajstić information content (AvgIpc) is 2.26. The molecule has 0 unspecified atom stereocenters. The van der Waals surface area contributed by atoms with E-state index in [0.29, 0.717) is 6.54 Å². The second-order valence-corrected chi connectivity index (χ2v) is 2.97. The minimum atomic E-state index is -0.298. The van der Waals surface area contributed by atoms with Crippen LogP contribution in [0, 0.1) is 0 Å². The summed E-state index contributed by atoms with van der Waals surface area (Å²) in [6, 6.07) is 3.48. The Morgan fingerprint density at radius 2 is 2.21 bits per heavy atom. The third kappa shape index (κ3) is 3.12. The summed E-state index contributed by atoms with van der Waals surface area (Å²) in [7, 11) is 0. The molecule has 0 aliphatic carbocycles. The van der Waals surface area contributed by atoms with Crippen LogP contribution in [0.25, 0.3) is 0 Å². The number of nitrogens with one attached hydrogen (secondary N) is 2. The van der Waals surface area contributed by atoms with Gasteiger partial charge >= 0.3 is 0 Å². The van der Waals surface area contributed by atoms with Crippen LogP contribution in [0.3, 0.4) is 0 Å². The van der Waals surface area contributed by atoms with E-state index < -0.39 is 0 Å². The van der Waals surface area contributed by atoms with E-state index in [2.05, 4.69) is 15.7 Å². The zero-order chi connectivity index (χ0) is 10.4. The predicted molar refractivity (Wildman–Crippen MR) is 52.9 cm³/mol. The quantitative estimate of drug-likeness (QED) is 0.344. The minimum Gasteiger partial charge on any atom is -0.302 e. The molecule has 5 heteroatoms. The number of hydrogen-bond acceptors (Lipinski definition) is 4. The van der Waals surface area contributed by atoms with Gasteiger partial charge in [0.1, 0.15) is 0 Å². The Hall–Kier alpha value is -1.46. The molecule has 0 radical (unpaired) electrons. The molecule has 4 N–H and O–H groups in total. The van der Waals surface area contributed by atoms with E-state index in [0.717, 1.165) is 5.56 Å². The predicted octanol–water partition coefficient (Wildman–Crippen LogP) is -0.450. The first-order chi connectivity index (χ1) is 6.74. The number of carbonyl (C=O) groups is 1. The van der Waals surface area contributed by atoms with E-state index in [1.165, 1.54) is 0 Å². The van der Waals surface area contributed by atoms with Crippen molar-refractivity contribution in [3.05, 3.63) is 30.1 Å². The fourth-order valence-corrected chi connectivity index (χ4v) is 0.989. The van der Waals surface area contributed by atoms with Crippen LogP contribution in [0.5, 0.6) is 0 Å². The SMILES string of the molecule is C[C@H](NCc1ccncc1)C(=O)NN. The molecule has 0 spiro atoms. The Morgan fingerprint density at radius 3 is 2.79 bits per heavy atom. The van der Waals surface area contributed by atoms with Crippen molar-refractivity contribution in [2.75, 3.05) is 0 Å². The maximum absolute atomic E-state index is 11.0. The van der Waals surface area contributed by atoms with Gasteiger partial charge in [-0.1, -0.05) is 0 Å². The van der Waals surface area contributed by atoms with Crippen LogP contribution in [0.4, 0.5) is 0 Å². The normalized spacial score (nSPS) is 12.1. The summed E-state index contributed by atoms with van der Waals surface area (Å²) in [4.78, 5) is 14.9. The monoisotopic (exact) mass is 194 g/mol. The minimum absolute atomic E-state index is 0.223. The molecule has 1 heterocycles. The molecule has 0 fully saturated rings. The molecule has 1 aromatic rings. The lowest BCUT2D eigenvalue weighted by molar-refractivity contribution is -0.122. The zero-order valence-corrected chi connectivity index (χ0v) is 8.03. The second-order valence-electron chi connectivity index (χ2n) is 2.97. The molecular formula is C9H14N4O. The summed E-state index contributed by atoms with van der Waals surface area (Å²) in [5.74, 6) is 4.77. The maximum atomic E-state index is 11.0. The number of hydrogen-bond donors (Lipinski definition) is 3. The van der Waals surface area contributed by atoms with Crippen molar-refractivity contribution in [3.8, 4) is 0 Å². The van der Waals surface area contributed by atoms with Crippen molar-refractivity contribution in [2.45, 2.75) is 19.5 Å². The summed E-state index contributed by atoms with van der Waals surface area (Å²) in [5, 5.41) is 3.03. The third-order valence-electron chi connectivity index (χ3n) is 1.90. The van der Waals surface area contributed by atoms with Crippen LogP contribution >= 0.6 is 0 Å². The van der Waals surface area contributed by atoms with Gasteiger partial charge in [-0.15, -0.1) is 0 Å². The lowest BCUT2D eigenvalue weighted by Gasteiger charge is -2.11. The van der Waals surface area contributed by atoms with Crippen molar-refractivity contribution in [1.82, 2.24) is 15.7 Å². The smallest absolute Gasteiger partial charge is 0.250 e. The Kier molecular flexibility index (Phi) is 4.03. The van der Waals surface area contributed by atoms with E-state index >= 15 is 0 Å². The lowest BCUT2D eigenvalue weighted by Crippen LogP contribution is -2.44. The number of rotatable bonds is 4. The number of hydrazine groups is 1. The van der Waals surface area contributed by atoms with Gasteiger partial charge in [0.2, 0.25) is 0 Å². The lowest BCUT2D eigenvalue weighted by atomic mass is 10.2. The van der Waals surface area contributed by atoms with Gasteiger partial charge in [0.25, 0.3) is 5.91 Å². The van der Waals surface area contributed by atoms with Crippen molar-refractivity contribution in [2.24, 2.45) is 5.84 Å². The fourth-order valence-electron chi connectivity index (χ4n) is 0.989. The molecule has 0 saturated carbocycles. The standard InChI is InChI=1S/C9H14N4O/c1-7(9(14)13-10)12-6-8-2-4-11-5-3-8/h2-5,7,12H,6,10H2,1H3,(H,13,14)/t7-/m0/s1. The van der Waals surface area contributed by atoms with Gasteiger partial charge in [-0.25, -0.2) is 5.84 Å². The van der Waals surface area contributed by atoms with E-state index in [4.69, 9.17) is 5.84 Å². The van der Waals surface area contributed by atoms with Gasteiger partial charge < -0.3 is 5.32 Å². The maximum Gasteiger partial charge on any atom is 0.250 e. The first-order valence-electron chi connectivity index (χ1n) is 4.37. The molecule has 0 aliphatic rings. The molecule has 0 bridgehead atoms. The fraction of sp³-hybridized carbons (Fsp3) is 0.333. The van der Waals surface area contributed by atoms with Crippen LogP contribution in [0.1, 0.15) is 12.5 Å².